The van der Waals surface area contributed by atoms with Crippen molar-refractivity contribution in [2.45, 2.75) is 20.8 Å². The monoisotopic (exact) mass is 201 g/mol. The lowest BCUT2D eigenvalue weighted by Gasteiger charge is -1.97. The van der Waals surface area contributed by atoms with Crippen LogP contribution in [0.5, 0.6) is 0 Å². The van der Waals surface area contributed by atoms with E-state index in [1.54, 1.807) is 13.0 Å². The molecule has 0 saturated heterocycles. The molecule has 0 bridgehead atoms. The Morgan fingerprint density at radius 3 is 2.46 bits per heavy atom. The molecule has 0 aromatic carbocycles. The fourth-order valence-corrected chi connectivity index (χ4v) is 0.993. The van der Waals surface area contributed by atoms with E-state index >= 15 is 0 Å². The molecule has 0 atom stereocenters. The quantitative estimate of drug-likeness (QED) is 0.760. The van der Waals surface area contributed by atoms with E-state index in [-0.39, 0.29) is 10.7 Å². The van der Waals surface area contributed by atoms with Gasteiger partial charge < -0.3 is 5.11 Å². The summed E-state index contributed by atoms with van der Waals surface area (Å²) in [7, 11) is 0. The van der Waals surface area contributed by atoms with E-state index in [1.807, 2.05) is 13.8 Å². The number of aromatic nitrogens is 1. The van der Waals surface area contributed by atoms with E-state index in [4.69, 9.17) is 16.7 Å². The van der Waals surface area contributed by atoms with Gasteiger partial charge in [-0.1, -0.05) is 25.4 Å². The Bertz CT molecular complexity index is 300. The number of carboxylic acid groups (broad SMARTS) is 1. The van der Waals surface area contributed by atoms with E-state index in [1.165, 1.54) is 6.20 Å². The van der Waals surface area contributed by atoms with Crippen LogP contribution in [-0.4, -0.2) is 16.1 Å². The Hall–Kier alpha value is -1.09. The van der Waals surface area contributed by atoms with Crippen LogP contribution in [0.3, 0.4) is 0 Å². The molecule has 1 aromatic heterocycles. The van der Waals surface area contributed by atoms with Crippen LogP contribution in [0.1, 0.15) is 29.9 Å². The smallest absolute Gasteiger partial charge is 0.356 e. The van der Waals surface area contributed by atoms with Gasteiger partial charge in [0.1, 0.15) is 0 Å². The van der Waals surface area contributed by atoms with E-state index < -0.39 is 5.97 Å². The molecular formula is C9H12ClNO2. The minimum absolute atomic E-state index is 0.0998. The molecule has 0 unspecified atom stereocenters. The average Bonchev–Trinajstić information content (AvgIpc) is 2.07. The highest BCUT2D eigenvalue weighted by Crippen LogP contribution is 2.14. The van der Waals surface area contributed by atoms with Crippen molar-refractivity contribution in [3.05, 3.63) is 28.5 Å². The number of aryl methyl sites for hydroxylation is 1. The minimum Gasteiger partial charge on any atom is -0.476 e. The molecular weight excluding hydrogens is 190 g/mol. The molecule has 0 radical (unpaired) electrons. The molecule has 0 aliphatic heterocycles. The van der Waals surface area contributed by atoms with Crippen molar-refractivity contribution in [2.75, 3.05) is 0 Å². The number of aromatic carboxylic acids is 1. The molecule has 1 heterocycles. The fraction of sp³-hybridized carbons (Fsp3) is 0.333. The molecule has 4 heteroatoms. The second kappa shape index (κ2) is 5.54. The molecule has 0 saturated carbocycles. The van der Waals surface area contributed by atoms with Gasteiger partial charge in [0.05, 0.1) is 5.02 Å². The highest BCUT2D eigenvalue weighted by molar-refractivity contribution is 6.33. The largest absolute Gasteiger partial charge is 0.476 e. The molecule has 0 aliphatic carbocycles. The number of nitrogens with zero attached hydrogens (tertiary/aromatic N) is 1. The first-order chi connectivity index (χ1) is 6.11. The summed E-state index contributed by atoms with van der Waals surface area (Å²) in [4.78, 5) is 14.0. The van der Waals surface area contributed by atoms with Gasteiger partial charge >= 0.3 is 5.97 Å². The maximum atomic E-state index is 10.4. The summed E-state index contributed by atoms with van der Waals surface area (Å²) in [6, 6.07) is 1.57. The molecule has 72 valence electrons. The van der Waals surface area contributed by atoms with Gasteiger partial charge in [0.15, 0.2) is 5.69 Å². The van der Waals surface area contributed by atoms with Crippen LogP contribution in [0.25, 0.3) is 0 Å². The van der Waals surface area contributed by atoms with Crippen molar-refractivity contribution in [3.63, 3.8) is 0 Å². The summed E-state index contributed by atoms with van der Waals surface area (Å²) in [6.07, 6.45) is 1.47. The molecule has 1 N–H and O–H groups in total. The molecule has 0 fully saturated rings. The number of rotatable bonds is 1. The predicted molar refractivity (Wildman–Crippen MR) is 52.3 cm³/mol. The zero-order chi connectivity index (χ0) is 10.4. The maximum absolute atomic E-state index is 10.4. The zero-order valence-corrected chi connectivity index (χ0v) is 8.59. The van der Waals surface area contributed by atoms with E-state index in [2.05, 4.69) is 4.98 Å². The second-order valence-corrected chi connectivity index (χ2v) is 2.56. The summed E-state index contributed by atoms with van der Waals surface area (Å²) in [6.45, 7) is 5.80. The molecule has 3 nitrogen and oxygen atoms in total. The van der Waals surface area contributed by atoms with E-state index in [0.717, 1.165) is 5.56 Å². The first-order valence-corrected chi connectivity index (χ1v) is 4.34. The molecule has 1 rings (SSSR count). The lowest BCUT2D eigenvalue weighted by Crippen LogP contribution is -2.00. The Morgan fingerprint density at radius 2 is 2.08 bits per heavy atom. The SMILES string of the molecule is CC.Cc1cnc(C(=O)O)c(Cl)c1. The third kappa shape index (κ3) is 3.42. The zero-order valence-electron chi connectivity index (χ0n) is 7.84. The van der Waals surface area contributed by atoms with Gasteiger partial charge in [0, 0.05) is 6.20 Å². The summed E-state index contributed by atoms with van der Waals surface area (Å²) < 4.78 is 0. The van der Waals surface area contributed by atoms with Crippen LogP contribution in [-0.2, 0) is 0 Å². The van der Waals surface area contributed by atoms with Gasteiger partial charge in [-0.25, -0.2) is 9.78 Å². The average molecular weight is 202 g/mol. The number of pyridine rings is 1. The summed E-state index contributed by atoms with van der Waals surface area (Å²) >= 11 is 5.58. The van der Waals surface area contributed by atoms with Crippen molar-refractivity contribution in [2.24, 2.45) is 0 Å². The van der Waals surface area contributed by atoms with Gasteiger partial charge in [-0.15, -0.1) is 0 Å². The van der Waals surface area contributed by atoms with Gasteiger partial charge in [0.2, 0.25) is 0 Å². The topological polar surface area (TPSA) is 50.2 Å². The maximum Gasteiger partial charge on any atom is 0.356 e. The van der Waals surface area contributed by atoms with Crippen molar-refractivity contribution in [1.29, 1.82) is 0 Å². The highest BCUT2D eigenvalue weighted by atomic mass is 35.5. The molecule has 0 spiro atoms. The third-order valence-electron chi connectivity index (χ3n) is 1.18. The molecule has 1 aromatic rings. The standard InChI is InChI=1S/C7H6ClNO2.C2H6/c1-4-2-5(8)6(7(10)11)9-3-4;1-2/h2-3H,1H3,(H,10,11);1-2H3. The Morgan fingerprint density at radius 1 is 1.54 bits per heavy atom. The van der Waals surface area contributed by atoms with Crippen LogP contribution in [0.4, 0.5) is 0 Å². The minimum atomic E-state index is -1.10. The number of carbonyl (C=O) groups is 1. The molecule has 13 heavy (non-hydrogen) atoms. The Labute approximate surface area is 82.4 Å². The van der Waals surface area contributed by atoms with Crippen molar-refractivity contribution in [3.8, 4) is 0 Å². The van der Waals surface area contributed by atoms with Gasteiger partial charge in [-0.2, -0.15) is 0 Å². The number of hydrogen-bond donors (Lipinski definition) is 1. The van der Waals surface area contributed by atoms with Crippen LogP contribution in [0, 0.1) is 6.92 Å². The summed E-state index contributed by atoms with van der Waals surface area (Å²) in [5.74, 6) is -1.10. The third-order valence-corrected chi connectivity index (χ3v) is 1.47. The van der Waals surface area contributed by atoms with Gasteiger partial charge in [0.25, 0.3) is 0 Å². The Kier molecular flexibility index (Phi) is 5.07. The fourth-order valence-electron chi connectivity index (χ4n) is 0.691. The predicted octanol–water partition coefficient (Wildman–Crippen LogP) is 2.77. The van der Waals surface area contributed by atoms with Crippen LogP contribution < -0.4 is 0 Å². The van der Waals surface area contributed by atoms with E-state index in [9.17, 15) is 4.79 Å². The first kappa shape index (κ1) is 11.9. The Balaban J connectivity index is 0.000000671. The number of halogens is 1. The van der Waals surface area contributed by atoms with Crippen molar-refractivity contribution in [1.82, 2.24) is 4.98 Å². The van der Waals surface area contributed by atoms with Crippen LogP contribution >= 0.6 is 11.6 Å². The number of carboxylic acids is 1. The molecule has 0 amide bonds. The second-order valence-electron chi connectivity index (χ2n) is 2.15. The van der Waals surface area contributed by atoms with Crippen LogP contribution in [0.2, 0.25) is 5.02 Å². The summed E-state index contributed by atoms with van der Waals surface area (Å²) in [5.41, 5.74) is 0.747. The lowest BCUT2D eigenvalue weighted by atomic mass is 10.3. The number of hydrogen-bond acceptors (Lipinski definition) is 2. The van der Waals surface area contributed by atoms with Gasteiger partial charge in [-0.05, 0) is 18.6 Å². The lowest BCUT2D eigenvalue weighted by molar-refractivity contribution is 0.0690. The van der Waals surface area contributed by atoms with E-state index in [0.29, 0.717) is 0 Å². The first-order valence-electron chi connectivity index (χ1n) is 3.96. The molecule has 0 aliphatic rings. The van der Waals surface area contributed by atoms with Crippen molar-refractivity contribution < 1.29 is 9.90 Å². The van der Waals surface area contributed by atoms with Gasteiger partial charge in [-0.3, -0.25) is 0 Å². The highest BCUT2D eigenvalue weighted by Gasteiger charge is 2.08. The summed E-state index contributed by atoms with van der Waals surface area (Å²) in [5, 5.41) is 8.69. The van der Waals surface area contributed by atoms with Crippen molar-refractivity contribution >= 4 is 17.6 Å². The normalized spacial score (nSPS) is 8.62. The van der Waals surface area contributed by atoms with Crippen LogP contribution in [0.15, 0.2) is 12.3 Å².